The first kappa shape index (κ1) is 28.5. The maximum absolute atomic E-state index is 11.8. The molecule has 0 radical (unpaired) electrons. The number of carbonyl (C=O) groups excluding carboxylic acids is 1. The minimum Gasteiger partial charge on any atom is -0.394 e. The number of nitrogens with one attached hydrogen (secondary N) is 1. The van der Waals surface area contributed by atoms with Gasteiger partial charge in [0.05, 0.1) is 32.0 Å². The molecule has 3 heterocycles. The van der Waals surface area contributed by atoms with Gasteiger partial charge in [-0.05, 0) is 6.92 Å². The zero-order valence-corrected chi connectivity index (χ0v) is 19.2. The zero-order valence-electron chi connectivity index (χ0n) is 19.2. The lowest BCUT2D eigenvalue weighted by molar-refractivity contribution is -0.356. The Bertz CT molecular complexity index is 699. The average Bonchev–Trinajstić information content (AvgIpc) is 2.82. The Morgan fingerprint density at radius 2 is 1.34 bits per heavy atom. The zero-order chi connectivity index (χ0) is 26.0. The Hall–Kier alpha value is -1.05. The second-order valence-electron chi connectivity index (χ2n) is 8.94. The first-order valence-electron chi connectivity index (χ1n) is 11.3. The van der Waals surface area contributed by atoms with E-state index in [4.69, 9.17) is 23.7 Å². The van der Waals surface area contributed by atoms with Crippen LogP contribution in [0.25, 0.3) is 0 Å². The van der Waals surface area contributed by atoms with Gasteiger partial charge in [0.25, 0.3) is 0 Å². The lowest BCUT2D eigenvalue weighted by atomic mass is 9.95. The molecule has 0 aromatic rings. The molecule has 0 spiro atoms. The maximum Gasteiger partial charge on any atom is 0.217 e. The molecule has 0 aromatic heterocycles. The van der Waals surface area contributed by atoms with Crippen LogP contribution in [0.2, 0.25) is 0 Å². The molecule has 0 aliphatic carbocycles. The Labute approximate surface area is 200 Å². The highest BCUT2D eigenvalue weighted by Crippen LogP contribution is 2.31. The highest BCUT2D eigenvalue weighted by atomic mass is 16.7. The van der Waals surface area contributed by atoms with Crippen molar-refractivity contribution in [1.29, 1.82) is 0 Å². The van der Waals surface area contributed by atoms with E-state index in [0.717, 1.165) is 0 Å². The lowest BCUT2D eigenvalue weighted by Crippen LogP contribution is -2.67. The summed E-state index contributed by atoms with van der Waals surface area (Å²) in [6, 6.07) is -0.943. The van der Waals surface area contributed by atoms with E-state index >= 15 is 0 Å². The molecule has 0 saturated carbocycles. The van der Waals surface area contributed by atoms with Gasteiger partial charge in [-0.3, -0.25) is 4.79 Å². The fourth-order valence-electron chi connectivity index (χ4n) is 4.35. The van der Waals surface area contributed by atoms with Crippen LogP contribution in [-0.2, 0) is 28.5 Å². The summed E-state index contributed by atoms with van der Waals surface area (Å²) in [5.74, 6) is -0.483. The Morgan fingerprint density at radius 1 is 0.800 bits per heavy atom. The summed E-state index contributed by atoms with van der Waals surface area (Å²) in [7, 11) is 0. The molecule has 204 valence electrons. The van der Waals surface area contributed by atoms with Gasteiger partial charge in [0.15, 0.2) is 12.6 Å². The standard InChI is InChI=1S/C20H35NO14/c1-6-11(25)13(27)15(29)19(32-6)35-18-10(4-23)31-5-8(21-7(2)24)17(18)34-20-16(30)14(28)12(26)9(3-22)33-20/h6,8-20,22-23,25-30H,3-5H2,1-2H3,(H,21,24)/t6?,8-,9?,10?,11?,12?,13?,14?,15?,16?,17?,18?,19?,20?/m1/s1. The van der Waals surface area contributed by atoms with Crippen molar-refractivity contribution >= 4 is 5.91 Å². The second-order valence-corrected chi connectivity index (χ2v) is 8.94. The molecule has 3 fully saturated rings. The van der Waals surface area contributed by atoms with Crippen LogP contribution in [-0.4, -0.2) is 152 Å². The van der Waals surface area contributed by atoms with E-state index in [2.05, 4.69) is 5.32 Å². The number of rotatable bonds is 7. The van der Waals surface area contributed by atoms with Gasteiger partial charge < -0.3 is 69.9 Å². The predicted octanol–water partition coefficient (Wildman–Crippen LogP) is -5.72. The summed E-state index contributed by atoms with van der Waals surface area (Å²) >= 11 is 0. The molecule has 0 aromatic carbocycles. The Balaban J connectivity index is 1.88. The van der Waals surface area contributed by atoms with E-state index in [1.807, 2.05) is 0 Å². The van der Waals surface area contributed by atoms with Crippen molar-refractivity contribution in [3.8, 4) is 0 Å². The van der Waals surface area contributed by atoms with Crippen LogP contribution in [0, 0.1) is 0 Å². The van der Waals surface area contributed by atoms with Gasteiger partial charge in [-0.2, -0.15) is 0 Å². The lowest BCUT2D eigenvalue weighted by Gasteiger charge is -2.48. The topological polar surface area (TPSA) is 237 Å². The first-order valence-corrected chi connectivity index (χ1v) is 11.3. The quantitative estimate of drug-likeness (QED) is 0.154. The predicted molar refractivity (Wildman–Crippen MR) is 110 cm³/mol. The SMILES string of the molecule is CC(=O)N[C@@H]1COC(CO)C(OC2OC(C)C(O)C(O)C2O)C1OC1OC(CO)C(O)C(O)C1O. The van der Waals surface area contributed by atoms with Gasteiger partial charge in [-0.25, -0.2) is 0 Å². The summed E-state index contributed by atoms with van der Waals surface area (Å²) < 4.78 is 28.2. The number of carbonyl (C=O) groups is 1. The molecule has 13 unspecified atom stereocenters. The molecular formula is C20H35NO14. The smallest absolute Gasteiger partial charge is 0.217 e. The van der Waals surface area contributed by atoms with Crippen LogP contribution in [0.15, 0.2) is 0 Å². The summed E-state index contributed by atoms with van der Waals surface area (Å²) in [5, 5.41) is 82.9. The van der Waals surface area contributed by atoms with Crippen LogP contribution >= 0.6 is 0 Å². The number of aliphatic hydroxyl groups is 8. The van der Waals surface area contributed by atoms with Crippen molar-refractivity contribution in [3.63, 3.8) is 0 Å². The molecule has 14 atom stereocenters. The van der Waals surface area contributed by atoms with Crippen molar-refractivity contribution < 1.29 is 69.3 Å². The largest absolute Gasteiger partial charge is 0.394 e. The third-order valence-corrected chi connectivity index (χ3v) is 6.38. The van der Waals surface area contributed by atoms with Gasteiger partial charge in [0.1, 0.15) is 61.0 Å². The average molecular weight is 513 g/mol. The minimum atomic E-state index is -1.77. The van der Waals surface area contributed by atoms with Crippen molar-refractivity contribution in [2.45, 2.75) is 99.6 Å². The molecule has 3 aliphatic rings. The normalized spacial score (nSPS) is 49.0. The van der Waals surface area contributed by atoms with Gasteiger partial charge in [-0.15, -0.1) is 0 Å². The van der Waals surface area contributed by atoms with Crippen LogP contribution in [0.1, 0.15) is 13.8 Å². The van der Waals surface area contributed by atoms with E-state index in [-0.39, 0.29) is 6.61 Å². The van der Waals surface area contributed by atoms with Crippen LogP contribution in [0.3, 0.4) is 0 Å². The third kappa shape index (κ3) is 6.10. The van der Waals surface area contributed by atoms with Crippen LogP contribution < -0.4 is 5.32 Å². The first-order chi connectivity index (χ1) is 16.5. The molecule has 0 bridgehead atoms. The summed E-state index contributed by atoms with van der Waals surface area (Å²) in [6.45, 7) is 1.20. The highest BCUT2D eigenvalue weighted by Gasteiger charge is 2.51. The van der Waals surface area contributed by atoms with Crippen molar-refractivity contribution in [3.05, 3.63) is 0 Å². The number of ether oxygens (including phenoxy) is 5. The fourth-order valence-corrected chi connectivity index (χ4v) is 4.35. The minimum absolute atomic E-state index is 0.168. The highest BCUT2D eigenvalue weighted by molar-refractivity contribution is 5.73. The number of hydrogen-bond donors (Lipinski definition) is 9. The third-order valence-electron chi connectivity index (χ3n) is 6.38. The molecule has 15 heteroatoms. The van der Waals surface area contributed by atoms with Gasteiger partial charge >= 0.3 is 0 Å². The van der Waals surface area contributed by atoms with E-state index < -0.39 is 105 Å². The van der Waals surface area contributed by atoms with E-state index in [1.165, 1.54) is 13.8 Å². The van der Waals surface area contributed by atoms with Crippen molar-refractivity contribution in [2.75, 3.05) is 19.8 Å². The van der Waals surface area contributed by atoms with E-state index in [9.17, 15) is 45.6 Å². The molecule has 15 nitrogen and oxygen atoms in total. The number of hydrogen-bond acceptors (Lipinski definition) is 14. The number of amides is 1. The fraction of sp³-hybridized carbons (Fsp3) is 0.950. The van der Waals surface area contributed by atoms with E-state index in [1.54, 1.807) is 0 Å². The molecule has 1 amide bonds. The number of aliphatic hydroxyl groups excluding tert-OH is 8. The van der Waals surface area contributed by atoms with Crippen LogP contribution in [0.5, 0.6) is 0 Å². The monoisotopic (exact) mass is 513 g/mol. The van der Waals surface area contributed by atoms with Gasteiger partial charge in [-0.1, -0.05) is 0 Å². The van der Waals surface area contributed by atoms with Gasteiger partial charge in [0, 0.05) is 6.92 Å². The summed E-state index contributed by atoms with van der Waals surface area (Å²) in [4.78, 5) is 11.8. The van der Waals surface area contributed by atoms with Crippen molar-refractivity contribution in [2.24, 2.45) is 0 Å². The van der Waals surface area contributed by atoms with E-state index in [0.29, 0.717) is 0 Å². The molecular weight excluding hydrogens is 478 g/mol. The Morgan fingerprint density at radius 3 is 1.91 bits per heavy atom. The molecule has 9 N–H and O–H groups in total. The molecule has 3 aliphatic heterocycles. The summed E-state index contributed by atoms with van der Waals surface area (Å²) in [6.07, 6.45) is -18.8. The molecule has 3 rings (SSSR count). The summed E-state index contributed by atoms with van der Waals surface area (Å²) in [5.41, 5.74) is 0. The van der Waals surface area contributed by atoms with Crippen molar-refractivity contribution in [1.82, 2.24) is 5.32 Å². The van der Waals surface area contributed by atoms with Crippen LogP contribution in [0.4, 0.5) is 0 Å². The molecule has 3 saturated heterocycles. The maximum atomic E-state index is 11.8. The second kappa shape index (κ2) is 12.0. The Kier molecular flexibility index (Phi) is 9.78. The molecule has 35 heavy (non-hydrogen) atoms. The van der Waals surface area contributed by atoms with Gasteiger partial charge in [0.2, 0.25) is 5.91 Å².